The number of benzene rings is 1. The Morgan fingerprint density at radius 2 is 2.28 bits per heavy atom. The van der Waals surface area contributed by atoms with Crippen molar-refractivity contribution in [2.24, 2.45) is 0 Å². The number of anilines is 1. The number of cyclic esters (lactones) is 1. The van der Waals surface area contributed by atoms with Crippen molar-refractivity contribution in [3.8, 4) is 0 Å². The molecule has 0 saturated heterocycles. The molecule has 0 radical (unpaired) electrons. The summed E-state index contributed by atoms with van der Waals surface area (Å²) in [5, 5.41) is 3.41. The molecule has 0 aliphatic carbocycles. The molecule has 0 fully saturated rings. The van der Waals surface area contributed by atoms with Crippen LogP contribution in [0, 0.1) is 0 Å². The van der Waals surface area contributed by atoms with Crippen LogP contribution in [-0.2, 0) is 28.9 Å². The van der Waals surface area contributed by atoms with Gasteiger partial charge in [-0.1, -0.05) is 25.1 Å². The van der Waals surface area contributed by atoms with Crippen molar-refractivity contribution in [2.45, 2.75) is 32.4 Å². The van der Waals surface area contributed by atoms with E-state index in [-0.39, 0.29) is 5.91 Å². The molecule has 0 spiro atoms. The lowest BCUT2D eigenvalue weighted by Crippen LogP contribution is -2.37. The summed E-state index contributed by atoms with van der Waals surface area (Å²) in [6, 6.07) is 7.23. The number of ether oxygens (including phenoxy) is 1. The van der Waals surface area contributed by atoms with E-state index in [9.17, 15) is 9.59 Å². The highest BCUT2D eigenvalue weighted by Crippen LogP contribution is 2.29. The number of nitrogens with one attached hydrogen (secondary N) is 1. The van der Waals surface area contributed by atoms with E-state index in [2.05, 4.69) is 22.1 Å². The van der Waals surface area contributed by atoms with Gasteiger partial charge in [-0.05, 0) is 18.2 Å². The van der Waals surface area contributed by atoms with Crippen LogP contribution in [0.1, 0.15) is 33.4 Å². The summed E-state index contributed by atoms with van der Waals surface area (Å²) < 4.78 is 5.30. The topological polar surface area (TPSA) is 71.5 Å². The first-order chi connectivity index (χ1) is 12.1. The molecule has 0 bridgehead atoms. The largest absolute Gasteiger partial charge is 0.448 e. The van der Waals surface area contributed by atoms with Crippen molar-refractivity contribution in [1.29, 1.82) is 0 Å². The second kappa shape index (κ2) is 6.57. The van der Waals surface area contributed by atoms with Gasteiger partial charge in [0.05, 0.1) is 11.3 Å². The highest BCUT2D eigenvalue weighted by molar-refractivity contribution is 7.15. The predicted octanol–water partition coefficient (Wildman–Crippen LogP) is 2.24. The van der Waals surface area contributed by atoms with Crippen molar-refractivity contribution >= 4 is 28.3 Å². The second-order valence-corrected chi connectivity index (χ2v) is 7.34. The van der Waals surface area contributed by atoms with E-state index in [1.807, 2.05) is 12.1 Å². The molecule has 25 heavy (non-hydrogen) atoms. The van der Waals surface area contributed by atoms with Gasteiger partial charge in [-0.25, -0.2) is 9.78 Å². The number of hydrogen-bond acceptors (Lipinski definition) is 6. The van der Waals surface area contributed by atoms with Gasteiger partial charge in [-0.2, -0.15) is 0 Å². The number of carbonyl (C=O) groups excluding carboxylic acids is 2. The summed E-state index contributed by atoms with van der Waals surface area (Å²) in [7, 11) is 0. The van der Waals surface area contributed by atoms with E-state index < -0.39 is 12.1 Å². The van der Waals surface area contributed by atoms with Gasteiger partial charge in [-0.15, -0.1) is 11.3 Å². The van der Waals surface area contributed by atoms with Gasteiger partial charge in [0, 0.05) is 30.8 Å². The Kier molecular flexibility index (Phi) is 4.27. The highest BCUT2D eigenvalue weighted by Gasteiger charge is 2.32. The maximum atomic E-state index is 12.5. The zero-order valence-corrected chi connectivity index (χ0v) is 14.8. The summed E-state index contributed by atoms with van der Waals surface area (Å²) in [4.78, 5) is 32.7. The number of amides is 1. The molecule has 1 aromatic heterocycles. The van der Waals surface area contributed by atoms with Crippen LogP contribution < -0.4 is 5.32 Å². The summed E-state index contributed by atoms with van der Waals surface area (Å²) in [5.41, 5.74) is 2.45. The molecule has 1 aromatic carbocycles. The molecule has 0 saturated carbocycles. The minimum atomic E-state index is -0.810. The third-order valence-corrected chi connectivity index (χ3v) is 5.67. The van der Waals surface area contributed by atoms with Gasteiger partial charge in [-0.3, -0.25) is 15.0 Å². The Balaban J connectivity index is 1.47. The van der Waals surface area contributed by atoms with Crippen molar-refractivity contribution in [1.82, 2.24) is 9.88 Å². The van der Waals surface area contributed by atoms with Crippen LogP contribution in [0.2, 0.25) is 0 Å². The van der Waals surface area contributed by atoms with Crippen LogP contribution in [0.4, 0.5) is 5.13 Å². The van der Waals surface area contributed by atoms with Crippen LogP contribution in [0.3, 0.4) is 0 Å². The fourth-order valence-electron chi connectivity index (χ4n) is 3.24. The van der Waals surface area contributed by atoms with Crippen molar-refractivity contribution in [3.05, 3.63) is 46.0 Å². The quantitative estimate of drug-likeness (QED) is 0.853. The van der Waals surface area contributed by atoms with Gasteiger partial charge < -0.3 is 4.74 Å². The summed E-state index contributed by atoms with van der Waals surface area (Å²) >= 11 is 1.51. The summed E-state index contributed by atoms with van der Waals surface area (Å²) in [6.45, 7) is 5.03. The SMILES string of the molecule is CCN1CCc2nc(NC(=O)[C@@H]3Cc4ccccc4C(=O)O3)sc2C1. The van der Waals surface area contributed by atoms with Crippen LogP contribution >= 0.6 is 11.3 Å². The number of fused-ring (bicyclic) bond motifs is 2. The Morgan fingerprint density at radius 1 is 1.44 bits per heavy atom. The van der Waals surface area contributed by atoms with E-state index >= 15 is 0 Å². The Hall–Kier alpha value is -2.25. The second-order valence-electron chi connectivity index (χ2n) is 6.25. The number of aromatic nitrogens is 1. The minimum absolute atomic E-state index is 0.318. The lowest BCUT2D eigenvalue weighted by molar-refractivity contribution is -0.125. The lowest BCUT2D eigenvalue weighted by atomic mass is 9.98. The predicted molar refractivity (Wildman–Crippen MR) is 94.7 cm³/mol. The Morgan fingerprint density at radius 3 is 3.12 bits per heavy atom. The number of carbonyl (C=O) groups is 2. The third-order valence-electron chi connectivity index (χ3n) is 4.67. The summed E-state index contributed by atoms with van der Waals surface area (Å²) in [6.07, 6.45) is 0.486. The van der Waals surface area contributed by atoms with Crippen LogP contribution in [0.15, 0.2) is 24.3 Å². The number of likely N-dealkylation sites (N-methyl/N-ethyl adjacent to an activating group) is 1. The minimum Gasteiger partial charge on any atom is -0.448 e. The first-order valence-electron chi connectivity index (χ1n) is 8.44. The average Bonchev–Trinajstić information content (AvgIpc) is 3.02. The molecule has 7 heteroatoms. The Bertz CT molecular complexity index is 833. The van der Waals surface area contributed by atoms with Crippen LogP contribution in [0.25, 0.3) is 0 Å². The molecule has 1 N–H and O–H groups in total. The molecule has 2 aliphatic rings. The fourth-order valence-corrected chi connectivity index (χ4v) is 4.29. The number of thiazole rings is 1. The van der Waals surface area contributed by atoms with Gasteiger partial charge in [0.15, 0.2) is 11.2 Å². The molecule has 4 rings (SSSR count). The van der Waals surface area contributed by atoms with Gasteiger partial charge in [0.25, 0.3) is 5.91 Å². The molecule has 2 aromatic rings. The van der Waals surface area contributed by atoms with E-state index in [1.54, 1.807) is 12.1 Å². The smallest absolute Gasteiger partial charge is 0.339 e. The highest BCUT2D eigenvalue weighted by atomic mass is 32.1. The maximum Gasteiger partial charge on any atom is 0.339 e. The molecular weight excluding hydrogens is 338 g/mol. The molecule has 2 aliphatic heterocycles. The lowest BCUT2D eigenvalue weighted by Gasteiger charge is -2.23. The molecule has 3 heterocycles. The Labute approximate surface area is 149 Å². The third kappa shape index (κ3) is 3.17. The molecule has 0 unspecified atom stereocenters. The molecule has 1 amide bonds. The molecular formula is C18H19N3O3S. The zero-order chi connectivity index (χ0) is 17.4. The monoisotopic (exact) mass is 357 g/mol. The standard InChI is InChI=1S/C18H19N3O3S/c1-2-21-8-7-13-15(10-21)25-18(19-13)20-16(22)14-9-11-5-3-4-6-12(11)17(23)24-14/h3-6,14H,2,7-10H2,1H3,(H,19,20,22)/t14-/m0/s1. The van der Waals surface area contributed by atoms with Crippen molar-refractivity contribution < 1.29 is 14.3 Å². The van der Waals surface area contributed by atoms with Crippen molar-refractivity contribution in [3.63, 3.8) is 0 Å². The first-order valence-corrected chi connectivity index (χ1v) is 9.26. The van der Waals surface area contributed by atoms with E-state index in [1.165, 1.54) is 16.2 Å². The summed E-state index contributed by atoms with van der Waals surface area (Å²) in [5.74, 6) is -0.764. The van der Waals surface area contributed by atoms with E-state index in [0.29, 0.717) is 17.1 Å². The number of hydrogen-bond donors (Lipinski definition) is 1. The zero-order valence-electron chi connectivity index (χ0n) is 13.9. The van der Waals surface area contributed by atoms with Gasteiger partial charge in [0.2, 0.25) is 0 Å². The molecule has 1 atom stereocenters. The number of rotatable bonds is 3. The van der Waals surface area contributed by atoms with Gasteiger partial charge in [0.1, 0.15) is 0 Å². The normalized spacial score (nSPS) is 19.7. The average molecular weight is 357 g/mol. The van der Waals surface area contributed by atoms with Crippen LogP contribution in [-0.4, -0.2) is 41.0 Å². The van der Waals surface area contributed by atoms with E-state index in [0.717, 1.165) is 37.3 Å². The van der Waals surface area contributed by atoms with Crippen LogP contribution in [0.5, 0.6) is 0 Å². The van der Waals surface area contributed by atoms with Gasteiger partial charge >= 0.3 is 5.97 Å². The number of nitrogens with zero attached hydrogens (tertiary/aromatic N) is 2. The molecule has 130 valence electrons. The first kappa shape index (κ1) is 16.2. The van der Waals surface area contributed by atoms with E-state index in [4.69, 9.17) is 4.74 Å². The fraction of sp³-hybridized carbons (Fsp3) is 0.389. The van der Waals surface area contributed by atoms with Crippen molar-refractivity contribution in [2.75, 3.05) is 18.4 Å². The molecule has 6 nitrogen and oxygen atoms in total. The number of esters is 1. The maximum absolute atomic E-state index is 12.5.